The topological polar surface area (TPSA) is 72.5 Å². The molecule has 1 N–H and O–H groups in total. The second-order valence-corrected chi connectivity index (χ2v) is 5.73. The van der Waals surface area contributed by atoms with Gasteiger partial charge in [0.15, 0.2) is 0 Å². The number of hydrogen-bond acceptors (Lipinski definition) is 4. The van der Waals surface area contributed by atoms with Crippen LogP contribution >= 0.6 is 0 Å². The van der Waals surface area contributed by atoms with Crippen molar-refractivity contribution in [1.82, 2.24) is 5.32 Å². The number of rotatable bonds is 7. The van der Waals surface area contributed by atoms with E-state index in [0.29, 0.717) is 5.56 Å². The monoisotopic (exact) mass is 339 g/mol. The molecule has 2 aromatic carbocycles. The molecule has 2 rings (SSSR count). The van der Waals surface area contributed by atoms with Gasteiger partial charge in [0.2, 0.25) is 0 Å². The first-order valence-electron chi connectivity index (χ1n) is 8.08. The van der Waals surface area contributed by atoms with Gasteiger partial charge in [-0.05, 0) is 31.5 Å². The SMILES string of the molecule is CC(=O)C(CNC(=O)c1ccccc1)C(=O)OC(C)c1ccccc1. The van der Waals surface area contributed by atoms with Crippen molar-refractivity contribution in [1.29, 1.82) is 0 Å². The van der Waals surface area contributed by atoms with E-state index >= 15 is 0 Å². The first kappa shape index (κ1) is 18.4. The normalized spacial score (nSPS) is 12.7. The Hall–Kier alpha value is -2.95. The lowest BCUT2D eigenvalue weighted by molar-refractivity contribution is -0.155. The predicted molar refractivity (Wildman–Crippen MR) is 93.9 cm³/mol. The van der Waals surface area contributed by atoms with Gasteiger partial charge >= 0.3 is 5.97 Å². The predicted octanol–water partition coefficient (Wildman–Crippen LogP) is 2.93. The minimum Gasteiger partial charge on any atom is -0.457 e. The van der Waals surface area contributed by atoms with Gasteiger partial charge in [-0.15, -0.1) is 0 Å². The first-order valence-corrected chi connectivity index (χ1v) is 8.08. The van der Waals surface area contributed by atoms with Gasteiger partial charge in [0, 0.05) is 12.1 Å². The number of Topliss-reactive ketones (excluding diaryl/α,β-unsaturated/α-hetero) is 1. The average molecular weight is 339 g/mol. The minimum absolute atomic E-state index is 0.0938. The van der Waals surface area contributed by atoms with Gasteiger partial charge in [0.1, 0.15) is 17.8 Å². The highest BCUT2D eigenvalue weighted by Crippen LogP contribution is 2.18. The third-order valence-electron chi connectivity index (χ3n) is 3.84. The highest BCUT2D eigenvalue weighted by atomic mass is 16.5. The summed E-state index contributed by atoms with van der Waals surface area (Å²) in [7, 11) is 0. The van der Waals surface area contributed by atoms with Gasteiger partial charge < -0.3 is 10.1 Å². The minimum atomic E-state index is -1.03. The molecule has 0 bridgehead atoms. The standard InChI is InChI=1S/C20H21NO4/c1-14(22)18(13-21-19(23)17-11-7-4-8-12-17)20(24)25-15(2)16-9-5-3-6-10-16/h3-12,15,18H,13H2,1-2H3,(H,21,23). The van der Waals surface area contributed by atoms with Gasteiger partial charge in [-0.2, -0.15) is 0 Å². The molecule has 25 heavy (non-hydrogen) atoms. The molecule has 5 nitrogen and oxygen atoms in total. The Balaban J connectivity index is 1.96. The maximum absolute atomic E-state index is 12.3. The fraction of sp³-hybridized carbons (Fsp3) is 0.250. The van der Waals surface area contributed by atoms with Gasteiger partial charge in [-0.3, -0.25) is 14.4 Å². The molecular weight excluding hydrogens is 318 g/mol. The third-order valence-corrected chi connectivity index (χ3v) is 3.84. The second-order valence-electron chi connectivity index (χ2n) is 5.73. The summed E-state index contributed by atoms with van der Waals surface area (Å²) < 4.78 is 5.39. The van der Waals surface area contributed by atoms with Crippen LogP contribution in [-0.2, 0) is 14.3 Å². The molecule has 0 aliphatic heterocycles. The van der Waals surface area contributed by atoms with Crippen LogP contribution in [0.2, 0.25) is 0 Å². The molecule has 0 aliphatic rings. The van der Waals surface area contributed by atoms with Crippen molar-refractivity contribution in [3.8, 4) is 0 Å². The van der Waals surface area contributed by atoms with E-state index < -0.39 is 18.0 Å². The van der Waals surface area contributed by atoms with Crippen LogP contribution in [0, 0.1) is 5.92 Å². The maximum atomic E-state index is 12.3. The van der Waals surface area contributed by atoms with Gasteiger partial charge in [-0.1, -0.05) is 48.5 Å². The highest BCUT2D eigenvalue weighted by molar-refractivity contribution is 5.99. The number of ether oxygens (including phenoxy) is 1. The summed E-state index contributed by atoms with van der Waals surface area (Å²) in [4.78, 5) is 36.2. The van der Waals surface area contributed by atoms with Crippen LogP contribution in [0.4, 0.5) is 0 Å². The van der Waals surface area contributed by atoms with E-state index in [2.05, 4.69) is 5.32 Å². The van der Waals surface area contributed by atoms with Gasteiger partial charge in [0.05, 0.1) is 0 Å². The van der Waals surface area contributed by atoms with Gasteiger partial charge in [-0.25, -0.2) is 0 Å². The number of ketones is 1. The summed E-state index contributed by atoms with van der Waals surface area (Å²) in [6, 6.07) is 17.9. The molecule has 0 radical (unpaired) electrons. The molecule has 2 atom stereocenters. The zero-order valence-corrected chi connectivity index (χ0v) is 14.3. The summed E-state index contributed by atoms with van der Waals surface area (Å²) in [6.07, 6.45) is -0.472. The van der Waals surface area contributed by atoms with Crippen LogP contribution in [0.5, 0.6) is 0 Å². The zero-order valence-electron chi connectivity index (χ0n) is 14.3. The Labute approximate surface area is 147 Å². The van der Waals surface area contributed by atoms with E-state index in [-0.39, 0.29) is 18.2 Å². The van der Waals surface area contributed by atoms with E-state index in [1.54, 1.807) is 37.3 Å². The van der Waals surface area contributed by atoms with E-state index in [4.69, 9.17) is 4.74 Å². The number of benzene rings is 2. The van der Waals surface area contributed by atoms with E-state index in [9.17, 15) is 14.4 Å². The largest absolute Gasteiger partial charge is 0.457 e. The van der Waals surface area contributed by atoms with Crippen LogP contribution < -0.4 is 5.32 Å². The lowest BCUT2D eigenvalue weighted by Gasteiger charge is -2.18. The molecule has 0 heterocycles. The third kappa shape index (κ3) is 5.28. The molecule has 1 amide bonds. The van der Waals surface area contributed by atoms with E-state index in [1.807, 2.05) is 30.3 Å². The van der Waals surface area contributed by atoms with Crippen LogP contribution in [-0.4, -0.2) is 24.2 Å². The fourth-order valence-corrected chi connectivity index (χ4v) is 2.33. The molecule has 130 valence electrons. The molecule has 0 aromatic heterocycles. The summed E-state index contributed by atoms with van der Waals surface area (Å²) in [6.45, 7) is 2.96. The Morgan fingerprint density at radius 3 is 2.08 bits per heavy atom. The number of carbonyl (C=O) groups excluding carboxylic acids is 3. The smallest absolute Gasteiger partial charge is 0.318 e. The van der Waals surface area contributed by atoms with Crippen molar-refractivity contribution in [3.05, 3.63) is 71.8 Å². The average Bonchev–Trinajstić information content (AvgIpc) is 2.62. The number of esters is 1. The van der Waals surface area contributed by atoms with Crippen LogP contribution in [0.15, 0.2) is 60.7 Å². The number of carbonyl (C=O) groups is 3. The summed E-state index contributed by atoms with van der Waals surface area (Å²) in [5.74, 6) is -2.36. The lowest BCUT2D eigenvalue weighted by atomic mass is 10.0. The van der Waals surface area contributed by atoms with Crippen molar-refractivity contribution < 1.29 is 19.1 Å². The molecule has 0 fully saturated rings. The first-order chi connectivity index (χ1) is 12.0. The molecule has 2 aromatic rings. The van der Waals surface area contributed by atoms with Crippen molar-refractivity contribution in [3.63, 3.8) is 0 Å². The second kappa shape index (κ2) is 8.78. The Morgan fingerprint density at radius 1 is 0.960 bits per heavy atom. The highest BCUT2D eigenvalue weighted by Gasteiger charge is 2.27. The van der Waals surface area contributed by atoms with Crippen LogP contribution in [0.25, 0.3) is 0 Å². The van der Waals surface area contributed by atoms with E-state index in [1.165, 1.54) is 6.92 Å². The van der Waals surface area contributed by atoms with Crippen LogP contribution in [0.3, 0.4) is 0 Å². The van der Waals surface area contributed by atoms with Gasteiger partial charge in [0.25, 0.3) is 5.91 Å². The number of hydrogen-bond donors (Lipinski definition) is 1. The maximum Gasteiger partial charge on any atom is 0.318 e. The van der Waals surface area contributed by atoms with Crippen molar-refractivity contribution in [2.24, 2.45) is 5.92 Å². The Morgan fingerprint density at radius 2 is 1.52 bits per heavy atom. The molecular formula is C20H21NO4. The molecule has 0 saturated heterocycles. The summed E-state index contributed by atoms with van der Waals surface area (Å²) >= 11 is 0. The number of amides is 1. The van der Waals surface area contributed by atoms with Crippen molar-refractivity contribution in [2.45, 2.75) is 20.0 Å². The Kier molecular flexibility index (Phi) is 6.46. The number of nitrogens with one attached hydrogen (secondary N) is 1. The molecule has 0 aliphatic carbocycles. The molecule has 2 unspecified atom stereocenters. The lowest BCUT2D eigenvalue weighted by Crippen LogP contribution is -2.37. The summed E-state index contributed by atoms with van der Waals surface area (Å²) in [5.41, 5.74) is 1.31. The summed E-state index contributed by atoms with van der Waals surface area (Å²) in [5, 5.41) is 2.61. The molecule has 5 heteroatoms. The quantitative estimate of drug-likeness (QED) is 0.622. The molecule has 0 saturated carbocycles. The zero-order chi connectivity index (χ0) is 18.2. The fourth-order valence-electron chi connectivity index (χ4n) is 2.33. The van der Waals surface area contributed by atoms with Crippen molar-refractivity contribution >= 4 is 17.7 Å². The Bertz CT molecular complexity index is 728. The van der Waals surface area contributed by atoms with Crippen LogP contribution in [0.1, 0.15) is 35.9 Å². The van der Waals surface area contributed by atoms with E-state index in [0.717, 1.165) is 5.56 Å². The van der Waals surface area contributed by atoms with Crippen molar-refractivity contribution in [2.75, 3.05) is 6.54 Å². The molecule has 0 spiro atoms.